The van der Waals surface area contributed by atoms with Gasteiger partial charge in [0, 0.05) is 11.6 Å². The van der Waals surface area contributed by atoms with Gasteiger partial charge in [0.25, 0.3) is 0 Å². The van der Waals surface area contributed by atoms with Crippen molar-refractivity contribution in [3.8, 4) is 5.88 Å². The number of pyridine rings is 1. The number of rotatable bonds is 2. The SMILES string of the molecule is OCc1cc(OC(F)(F)F)nc(C(F)(F)F)c1F. The van der Waals surface area contributed by atoms with Crippen molar-refractivity contribution in [3.63, 3.8) is 0 Å². The van der Waals surface area contributed by atoms with Crippen LogP contribution in [0.25, 0.3) is 0 Å². The highest BCUT2D eigenvalue weighted by molar-refractivity contribution is 5.28. The van der Waals surface area contributed by atoms with Crippen molar-refractivity contribution in [2.75, 3.05) is 0 Å². The van der Waals surface area contributed by atoms with Gasteiger partial charge >= 0.3 is 12.5 Å². The van der Waals surface area contributed by atoms with Gasteiger partial charge in [0.1, 0.15) is 0 Å². The zero-order valence-corrected chi connectivity index (χ0v) is 8.23. The summed E-state index contributed by atoms with van der Waals surface area (Å²) in [6.07, 6.45) is -10.6. The van der Waals surface area contributed by atoms with Gasteiger partial charge in [-0.05, 0) is 0 Å². The summed E-state index contributed by atoms with van der Waals surface area (Å²) in [4.78, 5) is 2.38. The largest absolute Gasteiger partial charge is 0.574 e. The molecule has 0 bridgehead atoms. The minimum atomic E-state index is -5.31. The van der Waals surface area contributed by atoms with Crippen LogP contribution < -0.4 is 4.74 Å². The number of aliphatic hydroxyl groups is 1. The number of ether oxygens (including phenoxy) is 1. The highest BCUT2D eigenvalue weighted by Crippen LogP contribution is 2.34. The molecule has 10 heteroatoms. The maximum Gasteiger partial charge on any atom is 0.574 e. The van der Waals surface area contributed by atoms with Gasteiger partial charge in [0.05, 0.1) is 6.61 Å². The van der Waals surface area contributed by atoms with Crippen LogP contribution in [-0.4, -0.2) is 16.5 Å². The normalized spacial score (nSPS) is 12.7. The van der Waals surface area contributed by atoms with Gasteiger partial charge in [-0.2, -0.15) is 13.2 Å². The van der Waals surface area contributed by atoms with E-state index in [-0.39, 0.29) is 6.07 Å². The smallest absolute Gasteiger partial charge is 0.392 e. The van der Waals surface area contributed by atoms with Crippen LogP contribution in [-0.2, 0) is 12.8 Å². The standard InChI is InChI=1S/C8H4F7NO2/c9-5-3(2-17)1-4(18-8(13,14)15)16-6(5)7(10,11)12/h1,17H,2H2. The maximum absolute atomic E-state index is 13.1. The first-order valence-corrected chi connectivity index (χ1v) is 4.18. The van der Waals surface area contributed by atoms with Crippen LogP contribution in [0, 0.1) is 5.82 Å². The first-order valence-electron chi connectivity index (χ1n) is 4.18. The molecule has 0 aromatic carbocycles. The monoisotopic (exact) mass is 279 g/mol. The lowest BCUT2D eigenvalue weighted by Crippen LogP contribution is -2.20. The van der Waals surface area contributed by atoms with Crippen molar-refractivity contribution in [2.24, 2.45) is 0 Å². The Morgan fingerprint density at radius 1 is 1.17 bits per heavy atom. The molecular formula is C8H4F7NO2. The molecule has 3 nitrogen and oxygen atoms in total. The molecule has 0 fully saturated rings. The molecule has 1 N–H and O–H groups in total. The molecule has 18 heavy (non-hydrogen) atoms. The van der Waals surface area contributed by atoms with Crippen LogP contribution in [0.5, 0.6) is 5.88 Å². The molecule has 0 aliphatic carbocycles. The van der Waals surface area contributed by atoms with Crippen LogP contribution in [0.3, 0.4) is 0 Å². The van der Waals surface area contributed by atoms with E-state index >= 15 is 0 Å². The van der Waals surface area contributed by atoms with Crippen molar-refractivity contribution in [1.82, 2.24) is 4.98 Å². The molecule has 0 saturated heterocycles. The molecule has 0 radical (unpaired) electrons. The van der Waals surface area contributed by atoms with Gasteiger partial charge in [-0.3, -0.25) is 0 Å². The summed E-state index contributed by atoms with van der Waals surface area (Å²) in [5, 5.41) is 8.56. The summed E-state index contributed by atoms with van der Waals surface area (Å²) in [5.41, 5.74) is -3.19. The lowest BCUT2D eigenvalue weighted by atomic mass is 10.2. The van der Waals surface area contributed by atoms with Crippen LogP contribution in [0.4, 0.5) is 30.7 Å². The third-order valence-electron chi connectivity index (χ3n) is 1.67. The van der Waals surface area contributed by atoms with Crippen LogP contribution >= 0.6 is 0 Å². The molecule has 1 aromatic heterocycles. The molecule has 1 heterocycles. The van der Waals surface area contributed by atoms with Crippen molar-refractivity contribution >= 4 is 0 Å². The van der Waals surface area contributed by atoms with E-state index in [0.717, 1.165) is 0 Å². The van der Waals surface area contributed by atoms with Gasteiger partial charge in [-0.1, -0.05) is 0 Å². The summed E-state index contributed by atoms with van der Waals surface area (Å²) in [6.45, 7) is -1.23. The lowest BCUT2D eigenvalue weighted by molar-refractivity contribution is -0.276. The number of alkyl halides is 6. The summed E-state index contributed by atoms with van der Waals surface area (Å²) in [7, 11) is 0. The van der Waals surface area contributed by atoms with Crippen molar-refractivity contribution in [3.05, 3.63) is 23.1 Å². The van der Waals surface area contributed by atoms with E-state index in [2.05, 4.69) is 9.72 Å². The van der Waals surface area contributed by atoms with Gasteiger partial charge in [0.15, 0.2) is 11.5 Å². The Kier molecular flexibility index (Phi) is 3.70. The molecule has 1 rings (SSSR count). The quantitative estimate of drug-likeness (QED) is 0.846. The highest BCUT2D eigenvalue weighted by Gasteiger charge is 2.39. The third-order valence-corrected chi connectivity index (χ3v) is 1.67. The molecule has 0 aliphatic rings. The summed E-state index contributed by atoms with van der Waals surface area (Å²) in [5.74, 6) is -3.44. The van der Waals surface area contributed by atoms with E-state index in [0.29, 0.717) is 0 Å². The number of aliphatic hydroxyl groups excluding tert-OH is 1. The van der Waals surface area contributed by atoms with E-state index in [1.807, 2.05) is 0 Å². The first kappa shape index (κ1) is 14.5. The zero-order chi connectivity index (χ0) is 14.1. The molecule has 0 spiro atoms. The van der Waals surface area contributed by atoms with E-state index < -0.39 is 42.1 Å². The molecule has 0 saturated carbocycles. The zero-order valence-electron chi connectivity index (χ0n) is 8.23. The second kappa shape index (κ2) is 4.59. The predicted octanol–water partition coefficient (Wildman–Crippen LogP) is 2.63. The second-order valence-electron chi connectivity index (χ2n) is 2.99. The Labute approximate surface area is 94.8 Å². The molecular weight excluding hydrogens is 275 g/mol. The first-order chi connectivity index (χ1) is 8.04. The molecule has 102 valence electrons. The van der Waals surface area contributed by atoms with Crippen LogP contribution in [0.2, 0.25) is 0 Å². The van der Waals surface area contributed by atoms with E-state index in [4.69, 9.17) is 5.11 Å². The van der Waals surface area contributed by atoms with E-state index in [9.17, 15) is 30.7 Å². The van der Waals surface area contributed by atoms with E-state index in [1.54, 1.807) is 0 Å². The minimum absolute atomic E-state index is 0.234. The van der Waals surface area contributed by atoms with E-state index in [1.165, 1.54) is 0 Å². The van der Waals surface area contributed by atoms with Gasteiger partial charge in [-0.25, -0.2) is 9.37 Å². The predicted molar refractivity (Wildman–Crippen MR) is 41.8 cm³/mol. The van der Waals surface area contributed by atoms with Crippen LogP contribution in [0.1, 0.15) is 11.3 Å². The highest BCUT2D eigenvalue weighted by atomic mass is 19.4. The van der Waals surface area contributed by atoms with Crippen molar-refractivity contribution in [2.45, 2.75) is 19.1 Å². The lowest BCUT2D eigenvalue weighted by Gasteiger charge is -2.13. The van der Waals surface area contributed by atoms with Gasteiger partial charge in [0.2, 0.25) is 5.88 Å². The number of hydrogen-bond donors (Lipinski definition) is 1. The van der Waals surface area contributed by atoms with Gasteiger partial charge in [-0.15, -0.1) is 13.2 Å². The maximum atomic E-state index is 13.1. The number of aromatic nitrogens is 1. The summed E-state index contributed by atoms with van der Waals surface area (Å²) in [6, 6.07) is 0.234. The topological polar surface area (TPSA) is 42.4 Å². The fraction of sp³-hybridized carbons (Fsp3) is 0.375. The Morgan fingerprint density at radius 3 is 2.11 bits per heavy atom. The number of hydrogen-bond acceptors (Lipinski definition) is 3. The molecule has 1 aromatic rings. The fourth-order valence-corrected chi connectivity index (χ4v) is 1.03. The summed E-state index contributed by atoms with van der Waals surface area (Å²) >= 11 is 0. The Bertz CT molecular complexity index is 440. The molecule has 0 atom stereocenters. The minimum Gasteiger partial charge on any atom is -0.392 e. The molecule has 0 amide bonds. The fourth-order valence-electron chi connectivity index (χ4n) is 1.03. The average Bonchev–Trinajstić information content (AvgIpc) is 2.16. The van der Waals surface area contributed by atoms with Gasteiger partial charge < -0.3 is 9.84 Å². The average molecular weight is 279 g/mol. The van der Waals surface area contributed by atoms with Crippen LogP contribution in [0.15, 0.2) is 6.07 Å². The Balaban J connectivity index is 3.31. The summed E-state index contributed by atoms with van der Waals surface area (Å²) < 4.78 is 88.4. The Hall–Kier alpha value is -1.58. The number of nitrogens with zero attached hydrogens (tertiary/aromatic N) is 1. The molecule has 0 aliphatic heterocycles. The molecule has 0 unspecified atom stereocenters. The Morgan fingerprint density at radius 2 is 1.72 bits per heavy atom. The number of halogens is 7. The van der Waals surface area contributed by atoms with Crippen molar-refractivity contribution < 1.29 is 40.6 Å². The van der Waals surface area contributed by atoms with Crippen molar-refractivity contribution in [1.29, 1.82) is 0 Å². The third kappa shape index (κ3) is 3.45. The second-order valence-corrected chi connectivity index (χ2v) is 2.99.